The van der Waals surface area contributed by atoms with Crippen molar-refractivity contribution >= 4 is 0 Å². The van der Waals surface area contributed by atoms with Gasteiger partial charge in [-0.2, -0.15) is 0 Å². The van der Waals surface area contributed by atoms with Crippen molar-refractivity contribution in [3.8, 4) is 11.6 Å². The second kappa shape index (κ2) is 5.16. The highest BCUT2D eigenvalue weighted by Gasteiger charge is 2.19. The van der Waals surface area contributed by atoms with Crippen LogP contribution in [0.2, 0.25) is 0 Å². The first kappa shape index (κ1) is 11.2. The Kier molecular flexibility index (Phi) is 3.62. The Hall–Kier alpha value is -1.29. The Morgan fingerprint density at radius 3 is 3.00 bits per heavy atom. The number of aromatic nitrogens is 1. The van der Waals surface area contributed by atoms with Crippen molar-refractivity contribution < 1.29 is 9.47 Å². The molecular formula is C12H18N2O2. The second-order valence-electron chi connectivity index (χ2n) is 4.16. The van der Waals surface area contributed by atoms with E-state index >= 15 is 0 Å². The number of hydrogen-bond donors (Lipinski definition) is 1. The van der Waals surface area contributed by atoms with Crippen LogP contribution in [0.3, 0.4) is 0 Å². The average molecular weight is 222 g/mol. The molecule has 1 fully saturated rings. The maximum Gasteiger partial charge on any atom is 0.217 e. The van der Waals surface area contributed by atoms with Crippen LogP contribution in [0.4, 0.5) is 0 Å². The molecule has 2 unspecified atom stereocenters. The Morgan fingerprint density at radius 1 is 1.44 bits per heavy atom. The fourth-order valence-corrected chi connectivity index (χ4v) is 1.83. The van der Waals surface area contributed by atoms with Crippen molar-refractivity contribution in [2.45, 2.75) is 31.9 Å². The maximum absolute atomic E-state index is 5.79. The van der Waals surface area contributed by atoms with Gasteiger partial charge in [0.05, 0.1) is 7.11 Å². The summed E-state index contributed by atoms with van der Waals surface area (Å²) in [5.41, 5.74) is 0. The molecule has 1 saturated heterocycles. The molecule has 16 heavy (non-hydrogen) atoms. The Labute approximate surface area is 96.0 Å². The van der Waals surface area contributed by atoms with Gasteiger partial charge in [0.25, 0.3) is 0 Å². The lowest BCUT2D eigenvalue weighted by Gasteiger charge is -2.27. The van der Waals surface area contributed by atoms with Gasteiger partial charge in [0.15, 0.2) is 0 Å². The van der Waals surface area contributed by atoms with E-state index in [1.165, 1.54) is 0 Å². The van der Waals surface area contributed by atoms with Gasteiger partial charge >= 0.3 is 0 Å². The van der Waals surface area contributed by atoms with E-state index in [-0.39, 0.29) is 6.10 Å². The van der Waals surface area contributed by atoms with Gasteiger partial charge in [-0.25, -0.2) is 4.98 Å². The van der Waals surface area contributed by atoms with E-state index in [2.05, 4.69) is 17.2 Å². The summed E-state index contributed by atoms with van der Waals surface area (Å²) in [6.07, 6.45) is 4.14. The molecule has 1 N–H and O–H groups in total. The van der Waals surface area contributed by atoms with Crippen LogP contribution in [0.5, 0.6) is 11.6 Å². The number of pyridine rings is 1. The summed E-state index contributed by atoms with van der Waals surface area (Å²) < 4.78 is 10.9. The molecule has 0 bridgehead atoms. The van der Waals surface area contributed by atoms with Crippen LogP contribution in [0.25, 0.3) is 0 Å². The number of nitrogens with zero attached hydrogens (tertiary/aromatic N) is 1. The monoisotopic (exact) mass is 222 g/mol. The Bertz CT molecular complexity index is 336. The number of nitrogens with one attached hydrogen (secondary N) is 1. The fraction of sp³-hybridized carbons (Fsp3) is 0.583. The largest absolute Gasteiger partial charge is 0.497 e. The van der Waals surface area contributed by atoms with Gasteiger partial charge < -0.3 is 14.8 Å². The highest BCUT2D eigenvalue weighted by molar-refractivity contribution is 5.26. The first-order valence-electron chi connectivity index (χ1n) is 5.68. The highest BCUT2D eigenvalue weighted by atomic mass is 16.5. The number of piperidine rings is 1. The van der Waals surface area contributed by atoms with E-state index in [0.29, 0.717) is 11.9 Å². The van der Waals surface area contributed by atoms with Crippen LogP contribution in [-0.2, 0) is 0 Å². The third-order valence-electron chi connectivity index (χ3n) is 2.85. The number of rotatable bonds is 3. The smallest absolute Gasteiger partial charge is 0.217 e. The third kappa shape index (κ3) is 2.85. The fourth-order valence-electron chi connectivity index (χ4n) is 1.83. The molecule has 2 heterocycles. The minimum Gasteiger partial charge on any atom is -0.497 e. The molecule has 0 aliphatic carbocycles. The molecule has 4 nitrogen and oxygen atoms in total. The van der Waals surface area contributed by atoms with Crippen LogP contribution in [0.1, 0.15) is 19.8 Å². The van der Waals surface area contributed by atoms with E-state index in [1.54, 1.807) is 13.3 Å². The molecule has 88 valence electrons. The van der Waals surface area contributed by atoms with Crippen molar-refractivity contribution in [2.75, 3.05) is 13.7 Å². The van der Waals surface area contributed by atoms with Crippen LogP contribution in [0, 0.1) is 0 Å². The van der Waals surface area contributed by atoms with Crippen molar-refractivity contribution in [1.29, 1.82) is 0 Å². The van der Waals surface area contributed by atoms with Crippen LogP contribution in [0.15, 0.2) is 18.3 Å². The average Bonchev–Trinajstić information content (AvgIpc) is 2.32. The topological polar surface area (TPSA) is 43.4 Å². The quantitative estimate of drug-likeness (QED) is 0.843. The number of methoxy groups -OCH3 is 1. The molecule has 0 aromatic carbocycles. The molecule has 1 aromatic rings. The SMILES string of the molecule is COc1ccnc(OC2CCC(C)NC2)c1. The van der Waals surface area contributed by atoms with E-state index < -0.39 is 0 Å². The zero-order chi connectivity index (χ0) is 11.4. The minimum absolute atomic E-state index is 0.218. The second-order valence-corrected chi connectivity index (χ2v) is 4.16. The molecule has 4 heteroatoms. The molecular weight excluding hydrogens is 204 g/mol. The Morgan fingerprint density at radius 2 is 2.31 bits per heavy atom. The van der Waals surface area contributed by atoms with Crippen LogP contribution < -0.4 is 14.8 Å². The first-order valence-corrected chi connectivity index (χ1v) is 5.68. The minimum atomic E-state index is 0.218. The summed E-state index contributed by atoms with van der Waals surface area (Å²) in [5.74, 6) is 1.42. The van der Waals surface area contributed by atoms with Crippen LogP contribution in [-0.4, -0.2) is 30.8 Å². The van der Waals surface area contributed by atoms with Crippen molar-refractivity contribution in [3.05, 3.63) is 18.3 Å². The van der Waals surface area contributed by atoms with Gasteiger partial charge in [0, 0.05) is 24.8 Å². The zero-order valence-electron chi connectivity index (χ0n) is 9.77. The molecule has 2 rings (SSSR count). The summed E-state index contributed by atoms with van der Waals surface area (Å²) in [6, 6.07) is 4.23. The lowest BCUT2D eigenvalue weighted by atomic mass is 10.0. The van der Waals surface area contributed by atoms with Crippen LogP contribution >= 0.6 is 0 Å². The lowest BCUT2D eigenvalue weighted by Crippen LogP contribution is -2.42. The van der Waals surface area contributed by atoms with Gasteiger partial charge in [-0.05, 0) is 25.8 Å². The summed E-state index contributed by atoms with van der Waals surface area (Å²) in [6.45, 7) is 3.08. The number of hydrogen-bond acceptors (Lipinski definition) is 4. The molecule has 0 amide bonds. The highest BCUT2D eigenvalue weighted by Crippen LogP contribution is 2.19. The normalized spacial score (nSPS) is 25.1. The molecule has 1 aromatic heterocycles. The van der Waals surface area contributed by atoms with Gasteiger partial charge in [-0.15, -0.1) is 0 Å². The zero-order valence-corrected chi connectivity index (χ0v) is 9.77. The summed E-state index contributed by atoms with van der Waals surface area (Å²) in [5, 5.41) is 3.40. The van der Waals surface area contributed by atoms with E-state index in [4.69, 9.17) is 9.47 Å². The number of ether oxygens (including phenoxy) is 2. The summed E-state index contributed by atoms with van der Waals surface area (Å²) in [4.78, 5) is 4.17. The first-order chi connectivity index (χ1) is 7.78. The van der Waals surface area contributed by atoms with Crippen molar-refractivity contribution in [3.63, 3.8) is 0 Å². The maximum atomic E-state index is 5.79. The molecule has 0 radical (unpaired) electrons. The summed E-state index contributed by atoms with van der Waals surface area (Å²) in [7, 11) is 1.64. The molecule has 1 aliphatic heterocycles. The van der Waals surface area contributed by atoms with Gasteiger partial charge in [0.2, 0.25) is 5.88 Å². The predicted octanol–water partition coefficient (Wildman–Crippen LogP) is 1.61. The van der Waals surface area contributed by atoms with Gasteiger partial charge in [0.1, 0.15) is 11.9 Å². The molecule has 1 aliphatic rings. The standard InChI is InChI=1S/C12H18N2O2/c1-9-3-4-11(8-14-9)16-12-7-10(15-2)5-6-13-12/h5-7,9,11,14H,3-4,8H2,1-2H3. The van der Waals surface area contributed by atoms with Crippen molar-refractivity contribution in [2.24, 2.45) is 0 Å². The van der Waals surface area contributed by atoms with E-state index in [0.717, 1.165) is 25.1 Å². The van der Waals surface area contributed by atoms with Crippen molar-refractivity contribution in [1.82, 2.24) is 10.3 Å². The van der Waals surface area contributed by atoms with Gasteiger partial charge in [-0.1, -0.05) is 0 Å². The molecule has 2 atom stereocenters. The molecule has 0 saturated carbocycles. The van der Waals surface area contributed by atoms with Gasteiger partial charge in [-0.3, -0.25) is 0 Å². The lowest BCUT2D eigenvalue weighted by molar-refractivity contribution is 0.146. The summed E-state index contributed by atoms with van der Waals surface area (Å²) >= 11 is 0. The third-order valence-corrected chi connectivity index (χ3v) is 2.85. The van der Waals surface area contributed by atoms with E-state index in [9.17, 15) is 0 Å². The molecule has 0 spiro atoms. The van der Waals surface area contributed by atoms with E-state index in [1.807, 2.05) is 12.1 Å². The predicted molar refractivity (Wildman–Crippen MR) is 61.9 cm³/mol. The Balaban J connectivity index is 1.93.